The van der Waals surface area contributed by atoms with E-state index in [2.05, 4.69) is 66.4 Å². The van der Waals surface area contributed by atoms with Gasteiger partial charge in [0, 0.05) is 19.1 Å². The molecule has 2 nitrogen and oxygen atoms in total. The van der Waals surface area contributed by atoms with Crippen molar-refractivity contribution in [2.24, 2.45) is 0 Å². The van der Waals surface area contributed by atoms with Crippen LogP contribution in [0.15, 0.2) is 72.8 Å². The van der Waals surface area contributed by atoms with E-state index in [9.17, 15) is 0 Å². The highest BCUT2D eigenvalue weighted by Gasteiger charge is 2.12. The summed E-state index contributed by atoms with van der Waals surface area (Å²) in [7, 11) is 0. The number of aliphatic hydroxyl groups excluding tert-OH is 1. The Balaban J connectivity index is 2.11. The van der Waals surface area contributed by atoms with Crippen molar-refractivity contribution in [2.75, 3.05) is 6.61 Å². The van der Waals surface area contributed by atoms with Crippen molar-refractivity contribution in [1.29, 1.82) is 0 Å². The van der Waals surface area contributed by atoms with Crippen LogP contribution in [0.1, 0.15) is 18.1 Å². The van der Waals surface area contributed by atoms with Crippen molar-refractivity contribution >= 4 is 0 Å². The molecule has 0 aliphatic rings. The van der Waals surface area contributed by atoms with E-state index in [0.29, 0.717) is 0 Å². The third-order valence-electron chi connectivity index (χ3n) is 3.55. The maximum atomic E-state index is 8.97. The molecule has 0 amide bonds. The zero-order valence-electron chi connectivity index (χ0n) is 12.5. The van der Waals surface area contributed by atoms with E-state index in [1.807, 2.05) is 18.2 Å². The third kappa shape index (κ3) is 5.18. The van der Waals surface area contributed by atoms with Gasteiger partial charge in [0.05, 0.1) is 6.61 Å². The molecule has 2 aromatic carbocycles. The Bertz CT molecular complexity index is 495. The van der Waals surface area contributed by atoms with Gasteiger partial charge < -0.3 is 5.11 Å². The highest BCUT2D eigenvalue weighted by atomic mass is 16.2. The molecule has 2 aromatic rings. The fourth-order valence-corrected chi connectivity index (χ4v) is 2.36. The lowest BCUT2D eigenvalue weighted by molar-refractivity contribution is 0.222. The number of nitrogens with zero attached hydrogens (tertiary/aromatic N) is 1. The van der Waals surface area contributed by atoms with Crippen LogP contribution in [0.4, 0.5) is 0 Å². The van der Waals surface area contributed by atoms with E-state index < -0.39 is 0 Å². The van der Waals surface area contributed by atoms with Gasteiger partial charge in [0.2, 0.25) is 0 Å². The van der Waals surface area contributed by atoms with E-state index in [1.54, 1.807) is 0 Å². The average Bonchev–Trinajstić information content (AvgIpc) is 2.54. The van der Waals surface area contributed by atoms with Gasteiger partial charge in [-0.25, -0.2) is 0 Å². The molecule has 0 radical (unpaired) electrons. The molecule has 1 atom stereocenters. The Hall–Kier alpha value is -1.90. The molecule has 0 spiro atoms. The molecule has 0 fully saturated rings. The van der Waals surface area contributed by atoms with Gasteiger partial charge >= 0.3 is 0 Å². The summed E-state index contributed by atoms with van der Waals surface area (Å²) in [6.07, 6.45) is 3.87. The van der Waals surface area contributed by atoms with Crippen molar-refractivity contribution in [2.45, 2.75) is 26.1 Å². The molecular weight excluding hydrogens is 258 g/mol. The van der Waals surface area contributed by atoms with Crippen LogP contribution in [0.5, 0.6) is 0 Å². The van der Waals surface area contributed by atoms with E-state index >= 15 is 0 Å². The van der Waals surface area contributed by atoms with E-state index in [-0.39, 0.29) is 12.6 Å². The van der Waals surface area contributed by atoms with Gasteiger partial charge in [-0.15, -0.1) is 0 Å². The van der Waals surface area contributed by atoms with Crippen LogP contribution < -0.4 is 0 Å². The third-order valence-corrected chi connectivity index (χ3v) is 3.55. The van der Waals surface area contributed by atoms with Crippen LogP contribution in [0.25, 0.3) is 0 Å². The molecular formula is C19H23NO. The Morgan fingerprint density at radius 2 is 1.38 bits per heavy atom. The summed E-state index contributed by atoms with van der Waals surface area (Å²) in [6, 6.07) is 21.3. The largest absolute Gasteiger partial charge is 0.392 e. The molecule has 2 heteroatoms. The van der Waals surface area contributed by atoms with E-state index in [0.717, 1.165) is 13.1 Å². The van der Waals surface area contributed by atoms with Gasteiger partial charge in [0.15, 0.2) is 0 Å². The van der Waals surface area contributed by atoms with Gasteiger partial charge in [0.1, 0.15) is 0 Å². The summed E-state index contributed by atoms with van der Waals surface area (Å²) in [5, 5.41) is 8.97. The molecule has 21 heavy (non-hydrogen) atoms. The van der Waals surface area contributed by atoms with Crippen molar-refractivity contribution in [3.8, 4) is 0 Å². The van der Waals surface area contributed by atoms with Gasteiger partial charge in [-0.1, -0.05) is 72.8 Å². The zero-order valence-corrected chi connectivity index (χ0v) is 12.5. The predicted molar refractivity (Wildman–Crippen MR) is 87.8 cm³/mol. The van der Waals surface area contributed by atoms with Crippen LogP contribution >= 0.6 is 0 Å². The second-order valence-electron chi connectivity index (χ2n) is 5.23. The monoisotopic (exact) mass is 281 g/mol. The summed E-state index contributed by atoms with van der Waals surface area (Å²) in [6.45, 7) is 4.05. The summed E-state index contributed by atoms with van der Waals surface area (Å²) in [5.41, 5.74) is 2.61. The minimum atomic E-state index is 0.0921. The molecule has 0 heterocycles. The standard InChI is InChI=1S/C19H23NO/c1-17(9-8-14-21)20(15-18-10-4-2-5-11-18)16-19-12-6-3-7-13-19/h2-13,17,21H,14-16H2,1H3/b9-8+/t17-/m0/s1. The highest BCUT2D eigenvalue weighted by molar-refractivity contribution is 5.17. The van der Waals surface area contributed by atoms with E-state index in [4.69, 9.17) is 5.11 Å². The van der Waals surface area contributed by atoms with Crippen LogP contribution in [0, 0.1) is 0 Å². The van der Waals surface area contributed by atoms with Crippen molar-refractivity contribution in [1.82, 2.24) is 4.90 Å². The lowest BCUT2D eigenvalue weighted by Gasteiger charge is -2.27. The molecule has 110 valence electrons. The molecule has 0 aliphatic carbocycles. The molecule has 1 N–H and O–H groups in total. The van der Waals surface area contributed by atoms with Gasteiger partial charge in [-0.2, -0.15) is 0 Å². The summed E-state index contributed by atoms with van der Waals surface area (Å²) in [4.78, 5) is 2.40. The fraction of sp³-hybridized carbons (Fsp3) is 0.263. The average molecular weight is 281 g/mol. The summed E-state index contributed by atoms with van der Waals surface area (Å²) in [5.74, 6) is 0. The normalized spacial score (nSPS) is 12.9. The molecule has 0 saturated carbocycles. The Morgan fingerprint density at radius 1 is 0.905 bits per heavy atom. The second-order valence-corrected chi connectivity index (χ2v) is 5.23. The number of aliphatic hydroxyl groups is 1. The van der Waals surface area contributed by atoms with Crippen molar-refractivity contribution in [3.63, 3.8) is 0 Å². The van der Waals surface area contributed by atoms with Crippen LogP contribution in [0.2, 0.25) is 0 Å². The van der Waals surface area contributed by atoms with Crippen molar-refractivity contribution < 1.29 is 5.11 Å². The van der Waals surface area contributed by atoms with Gasteiger partial charge in [-0.05, 0) is 18.1 Å². The molecule has 0 saturated heterocycles. The topological polar surface area (TPSA) is 23.5 Å². The van der Waals surface area contributed by atoms with Crippen LogP contribution in [0.3, 0.4) is 0 Å². The van der Waals surface area contributed by atoms with Gasteiger partial charge in [0.25, 0.3) is 0 Å². The zero-order chi connectivity index (χ0) is 14.9. The van der Waals surface area contributed by atoms with E-state index in [1.165, 1.54) is 11.1 Å². The minimum Gasteiger partial charge on any atom is -0.392 e. The molecule has 0 bridgehead atoms. The minimum absolute atomic E-state index is 0.0921. The maximum absolute atomic E-state index is 8.97. The predicted octanol–water partition coefficient (Wildman–Crippen LogP) is 3.63. The summed E-state index contributed by atoms with van der Waals surface area (Å²) >= 11 is 0. The Morgan fingerprint density at radius 3 is 1.81 bits per heavy atom. The number of hydrogen-bond donors (Lipinski definition) is 1. The second kappa shape index (κ2) is 8.40. The highest BCUT2D eigenvalue weighted by Crippen LogP contribution is 2.14. The molecule has 0 aliphatic heterocycles. The lowest BCUT2D eigenvalue weighted by atomic mass is 10.1. The lowest BCUT2D eigenvalue weighted by Crippen LogP contribution is -2.30. The molecule has 0 unspecified atom stereocenters. The Labute approximate surface area is 127 Å². The first-order valence-corrected chi connectivity index (χ1v) is 7.39. The first-order valence-electron chi connectivity index (χ1n) is 7.39. The quantitative estimate of drug-likeness (QED) is 0.783. The smallest absolute Gasteiger partial charge is 0.0612 e. The first kappa shape index (κ1) is 15.5. The molecule has 2 rings (SSSR count). The van der Waals surface area contributed by atoms with Crippen LogP contribution in [-0.2, 0) is 13.1 Å². The fourth-order valence-electron chi connectivity index (χ4n) is 2.36. The van der Waals surface area contributed by atoms with Crippen LogP contribution in [-0.4, -0.2) is 22.7 Å². The Kier molecular flexibility index (Phi) is 6.20. The maximum Gasteiger partial charge on any atom is 0.0612 e. The number of hydrogen-bond acceptors (Lipinski definition) is 2. The number of rotatable bonds is 7. The van der Waals surface area contributed by atoms with Crippen molar-refractivity contribution in [3.05, 3.63) is 83.9 Å². The first-order chi connectivity index (χ1) is 10.3. The number of benzene rings is 2. The molecule has 0 aromatic heterocycles. The summed E-state index contributed by atoms with van der Waals surface area (Å²) < 4.78 is 0. The van der Waals surface area contributed by atoms with Gasteiger partial charge in [-0.3, -0.25) is 4.90 Å². The SMILES string of the molecule is C[C@@H](/C=C/CO)N(Cc1ccccc1)Cc1ccccc1.